The number of rotatable bonds is 7. The molecule has 0 radical (unpaired) electrons. The Bertz CT molecular complexity index is 501. The highest BCUT2D eigenvalue weighted by molar-refractivity contribution is 6.63. The van der Waals surface area contributed by atoms with Gasteiger partial charge in [0, 0.05) is 13.0 Å². The van der Waals surface area contributed by atoms with Crippen LogP contribution in [0.5, 0.6) is 5.88 Å². The van der Waals surface area contributed by atoms with Crippen LogP contribution in [-0.2, 0) is 4.79 Å². The van der Waals surface area contributed by atoms with Crippen molar-refractivity contribution in [3.63, 3.8) is 0 Å². The van der Waals surface area contributed by atoms with Gasteiger partial charge in [0.1, 0.15) is 0 Å². The van der Waals surface area contributed by atoms with Crippen LogP contribution in [-0.4, -0.2) is 39.9 Å². The van der Waals surface area contributed by atoms with Crippen molar-refractivity contribution in [2.75, 3.05) is 13.7 Å². The second-order valence-corrected chi connectivity index (χ2v) is 3.85. The van der Waals surface area contributed by atoms with E-state index in [1.807, 2.05) is 0 Å². The van der Waals surface area contributed by atoms with Crippen molar-refractivity contribution in [3.05, 3.63) is 15.8 Å². The average Bonchev–Trinajstić information content (AvgIpc) is 2.77. The monoisotopic (exact) mass is 290 g/mol. The Labute approximate surface area is 112 Å². The summed E-state index contributed by atoms with van der Waals surface area (Å²) < 4.78 is 4.67. The molecule has 104 valence electrons. The predicted octanol–water partition coefficient (Wildman–Crippen LogP) is 0.602. The highest BCUT2D eigenvalue weighted by Crippen LogP contribution is 2.27. The molecule has 0 atom stereocenters. The number of nitrogens with one attached hydrogen (secondary N) is 2. The molecule has 0 spiro atoms. The van der Waals surface area contributed by atoms with E-state index in [1.165, 1.54) is 7.11 Å². The summed E-state index contributed by atoms with van der Waals surface area (Å²) in [6.45, 7) is 0.162. The SMILES string of the molecule is COc1n[nH]c(C(=O)NCCCC(=O)Cl)c1[N+](=O)[O-]. The lowest BCUT2D eigenvalue weighted by molar-refractivity contribution is -0.386. The van der Waals surface area contributed by atoms with Gasteiger partial charge in [-0.25, -0.2) is 0 Å². The molecule has 0 aromatic carbocycles. The first-order valence-corrected chi connectivity index (χ1v) is 5.58. The molecule has 1 amide bonds. The van der Waals surface area contributed by atoms with Gasteiger partial charge in [-0.2, -0.15) is 0 Å². The summed E-state index contributed by atoms with van der Waals surface area (Å²) in [5.74, 6) is -0.976. The van der Waals surface area contributed by atoms with Crippen molar-refractivity contribution in [1.29, 1.82) is 0 Å². The lowest BCUT2D eigenvalue weighted by Crippen LogP contribution is -2.25. The van der Waals surface area contributed by atoms with E-state index in [-0.39, 0.29) is 24.5 Å². The van der Waals surface area contributed by atoms with Gasteiger partial charge in [-0.3, -0.25) is 24.8 Å². The third-order valence-corrected chi connectivity index (χ3v) is 2.34. The summed E-state index contributed by atoms with van der Waals surface area (Å²) in [5.41, 5.74) is -0.840. The fourth-order valence-corrected chi connectivity index (χ4v) is 1.44. The van der Waals surface area contributed by atoms with Crippen molar-refractivity contribution in [3.8, 4) is 5.88 Å². The van der Waals surface area contributed by atoms with Gasteiger partial charge in [-0.15, -0.1) is 5.10 Å². The molecule has 0 fully saturated rings. The summed E-state index contributed by atoms with van der Waals surface area (Å²) in [5, 5.41) is 18.4. The summed E-state index contributed by atoms with van der Waals surface area (Å²) in [7, 11) is 1.21. The zero-order chi connectivity index (χ0) is 14.4. The number of ether oxygens (including phenoxy) is 1. The molecule has 10 heteroatoms. The summed E-state index contributed by atoms with van der Waals surface area (Å²) >= 11 is 5.13. The second kappa shape index (κ2) is 6.69. The number of aromatic nitrogens is 2. The number of nitrogens with zero attached hydrogens (tertiary/aromatic N) is 2. The zero-order valence-corrected chi connectivity index (χ0v) is 10.7. The number of aromatic amines is 1. The van der Waals surface area contributed by atoms with Crippen LogP contribution in [0.4, 0.5) is 5.69 Å². The normalized spacial score (nSPS) is 10.0. The topological polar surface area (TPSA) is 127 Å². The van der Waals surface area contributed by atoms with Gasteiger partial charge in [0.25, 0.3) is 5.91 Å². The minimum Gasteiger partial charge on any atom is -0.475 e. The lowest BCUT2D eigenvalue weighted by Gasteiger charge is -2.01. The van der Waals surface area contributed by atoms with Crippen LogP contribution in [0.15, 0.2) is 0 Å². The number of nitro groups is 1. The van der Waals surface area contributed by atoms with Crippen LogP contribution < -0.4 is 10.1 Å². The van der Waals surface area contributed by atoms with Gasteiger partial charge in [-0.05, 0) is 18.0 Å². The number of halogens is 1. The van der Waals surface area contributed by atoms with E-state index in [1.54, 1.807) is 0 Å². The molecular weight excluding hydrogens is 280 g/mol. The molecule has 1 aromatic heterocycles. The molecule has 9 nitrogen and oxygen atoms in total. The number of H-pyrrole nitrogens is 1. The first kappa shape index (κ1) is 14.9. The van der Waals surface area contributed by atoms with E-state index in [4.69, 9.17) is 11.6 Å². The Morgan fingerprint density at radius 1 is 1.58 bits per heavy atom. The maximum atomic E-state index is 11.7. The van der Waals surface area contributed by atoms with Crippen molar-refractivity contribution < 1.29 is 19.2 Å². The quantitative estimate of drug-likeness (QED) is 0.327. The fraction of sp³-hybridized carbons (Fsp3) is 0.444. The van der Waals surface area contributed by atoms with Crippen LogP contribution in [0.2, 0.25) is 0 Å². The molecule has 0 aliphatic rings. The largest absolute Gasteiger partial charge is 0.475 e. The average molecular weight is 291 g/mol. The van der Waals surface area contributed by atoms with E-state index in [0.29, 0.717) is 6.42 Å². The van der Waals surface area contributed by atoms with Crippen molar-refractivity contribution >= 4 is 28.4 Å². The van der Waals surface area contributed by atoms with Crippen molar-refractivity contribution in [1.82, 2.24) is 15.5 Å². The molecule has 2 N–H and O–H groups in total. The number of amides is 1. The predicted molar refractivity (Wildman–Crippen MR) is 64.2 cm³/mol. The Balaban J connectivity index is 2.69. The molecule has 19 heavy (non-hydrogen) atoms. The molecule has 1 heterocycles. The van der Waals surface area contributed by atoms with Gasteiger partial charge in [-0.1, -0.05) is 0 Å². The van der Waals surface area contributed by atoms with E-state index >= 15 is 0 Å². The maximum absolute atomic E-state index is 11.7. The Morgan fingerprint density at radius 3 is 2.79 bits per heavy atom. The minimum absolute atomic E-state index is 0.107. The molecule has 0 bridgehead atoms. The maximum Gasteiger partial charge on any atom is 0.362 e. The molecule has 0 aliphatic carbocycles. The van der Waals surface area contributed by atoms with E-state index < -0.39 is 21.8 Å². The molecule has 0 unspecified atom stereocenters. The highest BCUT2D eigenvalue weighted by Gasteiger charge is 2.29. The smallest absolute Gasteiger partial charge is 0.362 e. The lowest BCUT2D eigenvalue weighted by atomic mass is 10.3. The number of carbonyl (C=O) groups is 2. The molecule has 0 aliphatic heterocycles. The Hall–Kier alpha value is -2.16. The first-order chi connectivity index (χ1) is 8.97. The highest BCUT2D eigenvalue weighted by atomic mass is 35.5. The number of hydrogen-bond donors (Lipinski definition) is 2. The van der Waals surface area contributed by atoms with Crippen LogP contribution in [0.3, 0.4) is 0 Å². The van der Waals surface area contributed by atoms with Gasteiger partial charge in [0.2, 0.25) is 10.9 Å². The Morgan fingerprint density at radius 2 is 2.26 bits per heavy atom. The second-order valence-electron chi connectivity index (χ2n) is 3.43. The van der Waals surface area contributed by atoms with Crippen molar-refractivity contribution in [2.45, 2.75) is 12.8 Å². The van der Waals surface area contributed by atoms with Gasteiger partial charge >= 0.3 is 11.6 Å². The van der Waals surface area contributed by atoms with Crippen LogP contribution in [0.25, 0.3) is 0 Å². The van der Waals surface area contributed by atoms with E-state index in [2.05, 4.69) is 20.3 Å². The summed E-state index contributed by atoms with van der Waals surface area (Å²) in [4.78, 5) is 32.2. The van der Waals surface area contributed by atoms with Crippen molar-refractivity contribution in [2.24, 2.45) is 0 Å². The molecule has 1 aromatic rings. The summed E-state index contributed by atoms with van der Waals surface area (Å²) in [6, 6.07) is 0. The number of methoxy groups -OCH3 is 1. The Kier molecular flexibility index (Phi) is 5.24. The molecular formula is C9H11ClN4O5. The number of carbonyl (C=O) groups excluding carboxylic acids is 2. The van der Waals surface area contributed by atoms with Gasteiger partial charge in [0.15, 0.2) is 0 Å². The molecule has 0 saturated carbocycles. The van der Waals surface area contributed by atoms with Gasteiger partial charge in [0.05, 0.1) is 12.0 Å². The van der Waals surface area contributed by atoms with E-state index in [0.717, 1.165) is 0 Å². The summed E-state index contributed by atoms with van der Waals surface area (Å²) in [6.07, 6.45) is 0.448. The molecule has 0 saturated heterocycles. The zero-order valence-electron chi connectivity index (χ0n) is 9.93. The van der Waals surface area contributed by atoms with E-state index in [9.17, 15) is 19.7 Å². The third kappa shape index (κ3) is 3.91. The van der Waals surface area contributed by atoms with Gasteiger partial charge < -0.3 is 10.1 Å². The standard InChI is InChI=1S/C9H11ClN4O5/c1-19-9-7(14(17)18)6(12-13-9)8(16)11-4-2-3-5(10)15/h2-4H2,1H3,(H,11,16)(H,12,13). The third-order valence-electron chi connectivity index (χ3n) is 2.15. The van der Waals surface area contributed by atoms with Crippen LogP contribution >= 0.6 is 11.6 Å². The van der Waals surface area contributed by atoms with Crippen LogP contribution in [0.1, 0.15) is 23.3 Å². The number of hydrogen-bond acceptors (Lipinski definition) is 6. The first-order valence-electron chi connectivity index (χ1n) is 5.20. The fourth-order valence-electron chi connectivity index (χ4n) is 1.31. The van der Waals surface area contributed by atoms with Crippen LogP contribution in [0, 0.1) is 10.1 Å². The molecule has 1 rings (SSSR count). The minimum atomic E-state index is -0.764.